The molecule has 0 saturated heterocycles. The van der Waals surface area contributed by atoms with Crippen LogP contribution < -0.4 is 4.90 Å². The summed E-state index contributed by atoms with van der Waals surface area (Å²) in [6.07, 6.45) is 1.47. The van der Waals surface area contributed by atoms with Crippen LogP contribution in [0.15, 0.2) is 30.3 Å². The lowest BCUT2D eigenvalue weighted by molar-refractivity contribution is -0.137. The van der Waals surface area contributed by atoms with Crippen molar-refractivity contribution in [3.63, 3.8) is 0 Å². The highest BCUT2D eigenvalue weighted by molar-refractivity contribution is 5.97. The second-order valence-electron chi connectivity index (χ2n) is 6.07. The Morgan fingerprint density at radius 2 is 1.90 bits per heavy atom. The van der Waals surface area contributed by atoms with Crippen LogP contribution in [0.25, 0.3) is 0 Å². The Hall–Kier alpha value is -1.84. The molecule has 1 aromatic rings. The summed E-state index contributed by atoms with van der Waals surface area (Å²) >= 11 is 0. The number of hydrogen-bond donors (Lipinski definition) is 1. The van der Waals surface area contributed by atoms with Gasteiger partial charge in [-0.1, -0.05) is 32.0 Å². The van der Waals surface area contributed by atoms with E-state index in [0.29, 0.717) is 13.0 Å². The van der Waals surface area contributed by atoms with Gasteiger partial charge in [-0.05, 0) is 30.4 Å². The maximum Gasteiger partial charge on any atom is 0.303 e. The molecule has 1 amide bonds. The fourth-order valence-electron chi connectivity index (χ4n) is 2.44. The molecule has 0 aromatic heterocycles. The number of nitrogens with zero attached hydrogens (tertiary/aromatic N) is 1. The average molecular weight is 275 g/mol. The Bertz CT molecular complexity index is 496. The number of para-hydroxylation sites is 1. The van der Waals surface area contributed by atoms with E-state index in [1.165, 1.54) is 0 Å². The number of carbonyl (C=O) groups is 2. The van der Waals surface area contributed by atoms with Crippen molar-refractivity contribution in [1.82, 2.24) is 0 Å². The van der Waals surface area contributed by atoms with Crippen molar-refractivity contribution in [1.29, 1.82) is 0 Å². The van der Waals surface area contributed by atoms with Gasteiger partial charge in [0.1, 0.15) is 0 Å². The highest BCUT2D eigenvalue weighted by Crippen LogP contribution is 2.52. The third-order valence-corrected chi connectivity index (χ3v) is 3.92. The van der Waals surface area contributed by atoms with Crippen molar-refractivity contribution < 1.29 is 14.7 Å². The molecule has 20 heavy (non-hydrogen) atoms. The van der Waals surface area contributed by atoms with Gasteiger partial charge in [0.25, 0.3) is 0 Å². The predicted molar refractivity (Wildman–Crippen MR) is 77.6 cm³/mol. The van der Waals surface area contributed by atoms with Crippen LogP contribution in [-0.2, 0) is 9.59 Å². The number of benzene rings is 1. The second-order valence-corrected chi connectivity index (χ2v) is 6.07. The molecule has 1 aliphatic rings. The minimum Gasteiger partial charge on any atom is -0.481 e. The highest BCUT2D eigenvalue weighted by Gasteiger charge is 2.52. The van der Waals surface area contributed by atoms with E-state index in [-0.39, 0.29) is 23.7 Å². The first kappa shape index (κ1) is 14.6. The predicted octanol–water partition coefficient (Wildman–Crippen LogP) is 2.93. The van der Waals surface area contributed by atoms with Crippen LogP contribution in [0.1, 0.15) is 33.1 Å². The van der Waals surface area contributed by atoms with Crippen LogP contribution in [-0.4, -0.2) is 23.5 Å². The maximum absolute atomic E-state index is 12.6. The molecule has 4 nitrogen and oxygen atoms in total. The number of rotatable bonds is 6. The Morgan fingerprint density at radius 3 is 2.40 bits per heavy atom. The fraction of sp³-hybridized carbons (Fsp3) is 0.500. The van der Waals surface area contributed by atoms with Crippen LogP contribution in [0.5, 0.6) is 0 Å². The van der Waals surface area contributed by atoms with Gasteiger partial charge in [-0.2, -0.15) is 0 Å². The van der Waals surface area contributed by atoms with E-state index in [1.54, 1.807) is 4.90 Å². The largest absolute Gasteiger partial charge is 0.481 e. The van der Waals surface area contributed by atoms with Gasteiger partial charge in [0.15, 0.2) is 0 Å². The molecule has 1 saturated carbocycles. The van der Waals surface area contributed by atoms with Crippen molar-refractivity contribution in [3.05, 3.63) is 30.3 Å². The van der Waals surface area contributed by atoms with Crippen LogP contribution in [0.3, 0.4) is 0 Å². The Balaban J connectivity index is 2.08. The van der Waals surface area contributed by atoms with Crippen LogP contribution in [0, 0.1) is 11.3 Å². The summed E-state index contributed by atoms with van der Waals surface area (Å²) in [5.41, 5.74) is 0.933. The molecule has 0 bridgehead atoms. The second kappa shape index (κ2) is 5.65. The molecular weight excluding hydrogens is 254 g/mol. The van der Waals surface area contributed by atoms with Gasteiger partial charge in [0, 0.05) is 24.6 Å². The minimum absolute atomic E-state index is 0.0625. The molecule has 1 fully saturated rings. The normalized spacial score (nSPS) is 19.4. The van der Waals surface area contributed by atoms with Gasteiger partial charge in [-0.25, -0.2) is 0 Å². The molecule has 0 heterocycles. The number of hydrogen-bond acceptors (Lipinski definition) is 2. The van der Waals surface area contributed by atoms with Gasteiger partial charge in [0.2, 0.25) is 5.91 Å². The zero-order chi connectivity index (χ0) is 14.8. The molecule has 1 N–H and O–H groups in total. The summed E-state index contributed by atoms with van der Waals surface area (Å²) in [7, 11) is 0. The number of carboxylic acids is 1. The Morgan fingerprint density at radius 1 is 1.30 bits per heavy atom. The molecule has 0 aliphatic heterocycles. The summed E-state index contributed by atoms with van der Waals surface area (Å²) in [6, 6.07) is 9.49. The summed E-state index contributed by atoms with van der Waals surface area (Å²) in [5.74, 6) is -0.642. The molecule has 1 aliphatic carbocycles. The van der Waals surface area contributed by atoms with E-state index in [9.17, 15) is 9.59 Å². The zero-order valence-electron chi connectivity index (χ0n) is 12.0. The van der Waals surface area contributed by atoms with Gasteiger partial charge in [-0.15, -0.1) is 0 Å². The first-order valence-corrected chi connectivity index (χ1v) is 7.00. The quantitative estimate of drug-likeness (QED) is 0.868. The molecule has 1 unspecified atom stereocenters. The number of amides is 1. The molecule has 2 rings (SSSR count). The van der Waals surface area contributed by atoms with Gasteiger partial charge in [-0.3, -0.25) is 9.59 Å². The molecule has 1 atom stereocenters. The van der Waals surface area contributed by atoms with Crippen LogP contribution in [0.2, 0.25) is 0 Å². The van der Waals surface area contributed by atoms with E-state index >= 15 is 0 Å². The molecular formula is C16H21NO3. The summed E-state index contributed by atoms with van der Waals surface area (Å²) in [6.45, 7) is 4.65. The first-order chi connectivity index (χ1) is 9.42. The SMILES string of the molecule is CC1(C)CC1C(=O)N(CCCC(=O)O)c1ccccc1. The molecule has 108 valence electrons. The van der Waals surface area contributed by atoms with E-state index in [4.69, 9.17) is 5.11 Å². The summed E-state index contributed by atoms with van der Waals surface area (Å²) in [4.78, 5) is 24.9. The number of carboxylic acid groups (broad SMARTS) is 1. The highest BCUT2D eigenvalue weighted by atomic mass is 16.4. The van der Waals surface area contributed by atoms with Crippen molar-refractivity contribution in [2.24, 2.45) is 11.3 Å². The smallest absolute Gasteiger partial charge is 0.303 e. The monoisotopic (exact) mass is 275 g/mol. The van der Waals surface area contributed by atoms with Gasteiger partial charge >= 0.3 is 5.97 Å². The van der Waals surface area contributed by atoms with Crippen molar-refractivity contribution in [2.75, 3.05) is 11.4 Å². The third kappa shape index (κ3) is 3.38. The van der Waals surface area contributed by atoms with E-state index < -0.39 is 5.97 Å². The minimum atomic E-state index is -0.822. The Labute approximate surface area is 119 Å². The summed E-state index contributed by atoms with van der Waals surface area (Å²) < 4.78 is 0. The molecule has 4 heteroatoms. The van der Waals surface area contributed by atoms with Crippen LogP contribution in [0.4, 0.5) is 5.69 Å². The first-order valence-electron chi connectivity index (χ1n) is 7.00. The van der Waals surface area contributed by atoms with Gasteiger partial charge < -0.3 is 10.0 Å². The van der Waals surface area contributed by atoms with Gasteiger partial charge in [0.05, 0.1) is 0 Å². The zero-order valence-corrected chi connectivity index (χ0v) is 12.0. The molecule has 1 aromatic carbocycles. The van der Waals surface area contributed by atoms with Crippen molar-refractivity contribution in [2.45, 2.75) is 33.1 Å². The average Bonchev–Trinajstić information content (AvgIpc) is 3.04. The lowest BCUT2D eigenvalue weighted by Crippen LogP contribution is -2.34. The number of aliphatic carboxylic acids is 1. The molecule has 0 radical (unpaired) electrons. The fourth-order valence-corrected chi connectivity index (χ4v) is 2.44. The third-order valence-electron chi connectivity index (χ3n) is 3.92. The lowest BCUT2D eigenvalue weighted by Gasteiger charge is -2.23. The summed E-state index contributed by atoms with van der Waals surface area (Å²) in [5, 5.41) is 8.74. The topological polar surface area (TPSA) is 57.6 Å². The van der Waals surface area contributed by atoms with Crippen molar-refractivity contribution >= 4 is 17.6 Å². The maximum atomic E-state index is 12.6. The molecule has 0 spiro atoms. The van der Waals surface area contributed by atoms with E-state index in [1.807, 2.05) is 30.3 Å². The Kier molecular flexibility index (Phi) is 4.12. The standard InChI is InChI=1S/C16H21NO3/c1-16(2)11-13(16)15(20)17(10-6-9-14(18)19)12-7-4-3-5-8-12/h3-5,7-8,13H,6,9-11H2,1-2H3,(H,18,19). The lowest BCUT2D eigenvalue weighted by atomic mass is 10.1. The van der Waals surface area contributed by atoms with E-state index in [2.05, 4.69) is 13.8 Å². The van der Waals surface area contributed by atoms with Crippen molar-refractivity contribution in [3.8, 4) is 0 Å². The number of anilines is 1. The number of carbonyl (C=O) groups excluding carboxylic acids is 1. The van der Waals surface area contributed by atoms with Crippen LogP contribution >= 0.6 is 0 Å². The van der Waals surface area contributed by atoms with E-state index in [0.717, 1.165) is 12.1 Å².